The molecule has 1 atom stereocenters. The van der Waals surface area contributed by atoms with Crippen LogP contribution < -0.4 is 10.1 Å². The third-order valence-corrected chi connectivity index (χ3v) is 4.24. The zero-order valence-electron chi connectivity index (χ0n) is 14.4. The molecule has 1 heterocycles. The number of amides is 1. The summed E-state index contributed by atoms with van der Waals surface area (Å²) in [6.45, 7) is 4.66. The number of halogens is 1. The number of hydrogen-bond donors (Lipinski definition) is 1. The fourth-order valence-corrected chi connectivity index (χ4v) is 2.94. The van der Waals surface area contributed by atoms with Gasteiger partial charge in [0.25, 0.3) is 0 Å². The number of benzene rings is 1. The number of nitrogens with one attached hydrogen (secondary N) is 1. The maximum atomic E-state index is 12.5. The van der Waals surface area contributed by atoms with Crippen molar-refractivity contribution >= 4 is 24.1 Å². The summed E-state index contributed by atoms with van der Waals surface area (Å²) in [5, 5.41) is 3.29. The van der Waals surface area contributed by atoms with Crippen LogP contribution >= 0.6 is 12.4 Å². The Morgan fingerprint density at radius 1 is 1.25 bits per heavy atom. The zero-order valence-corrected chi connectivity index (χ0v) is 15.2. The van der Waals surface area contributed by atoms with Gasteiger partial charge in [0.05, 0.1) is 7.11 Å². The van der Waals surface area contributed by atoms with Crippen LogP contribution in [0.3, 0.4) is 0 Å². The van der Waals surface area contributed by atoms with Crippen LogP contribution in [0.15, 0.2) is 24.3 Å². The Morgan fingerprint density at radius 2 is 1.96 bits per heavy atom. The van der Waals surface area contributed by atoms with Crippen molar-refractivity contribution in [2.75, 3.05) is 26.7 Å². The Morgan fingerprint density at radius 3 is 2.50 bits per heavy atom. The largest absolute Gasteiger partial charge is 0.497 e. The molecule has 1 aromatic carbocycles. The van der Waals surface area contributed by atoms with Crippen molar-refractivity contribution in [3.05, 3.63) is 29.8 Å². The van der Waals surface area contributed by atoms with Gasteiger partial charge in [0.15, 0.2) is 5.78 Å². The first-order chi connectivity index (χ1) is 11.2. The van der Waals surface area contributed by atoms with Crippen LogP contribution in [-0.4, -0.2) is 49.4 Å². The minimum absolute atomic E-state index is 0. The van der Waals surface area contributed by atoms with E-state index in [2.05, 4.69) is 12.2 Å². The molecule has 0 aromatic heterocycles. The number of carbonyl (C=O) groups excluding carboxylic acids is 2. The van der Waals surface area contributed by atoms with Gasteiger partial charge in [-0.05, 0) is 43.7 Å². The highest BCUT2D eigenvalue weighted by molar-refractivity contribution is 5.98. The maximum absolute atomic E-state index is 12.5. The summed E-state index contributed by atoms with van der Waals surface area (Å²) in [6.07, 6.45) is 2.47. The molecule has 6 heteroatoms. The fourth-order valence-electron chi connectivity index (χ4n) is 2.94. The average Bonchev–Trinajstić information content (AvgIpc) is 3.11. The van der Waals surface area contributed by atoms with Gasteiger partial charge >= 0.3 is 0 Å². The molecule has 1 fully saturated rings. The number of Topliss-reactive ketones (excluding diaryl/α,β-unsaturated/α-hetero) is 1. The van der Waals surface area contributed by atoms with Crippen LogP contribution in [0.5, 0.6) is 5.75 Å². The first kappa shape index (κ1) is 20.5. The molecule has 0 spiro atoms. The molecule has 0 aliphatic carbocycles. The second kappa shape index (κ2) is 10.3. The number of ketones is 1. The number of nitrogens with zero attached hydrogens (tertiary/aromatic N) is 1. The molecule has 0 bridgehead atoms. The Bertz CT molecular complexity index is 528. The third kappa shape index (κ3) is 5.49. The van der Waals surface area contributed by atoms with Crippen molar-refractivity contribution < 1.29 is 14.3 Å². The predicted octanol–water partition coefficient (Wildman–Crippen LogP) is 2.68. The lowest BCUT2D eigenvalue weighted by Crippen LogP contribution is -2.42. The van der Waals surface area contributed by atoms with Crippen molar-refractivity contribution in [1.82, 2.24) is 10.2 Å². The quantitative estimate of drug-likeness (QED) is 0.729. The van der Waals surface area contributed by atoms with E-state index in [1.54, 1.807) is 31.4 Å². The Labute approximate surface area is 150 Å². The third-order valence-electron chi connectivity index (χ3n) is 4.24. The summed E-state index contributed by atoms with van der Waals surface area (Å²) < 4.78 is 5.08. The normalized spacial score (nSPS) is 16.3. The lowest BCUT2D eigenvalue weighted by Gasteiger charge is -2.28. The van der Waals surface area contributed by atoms with Crippen LogP contribution in [0.2, 0.25) is 0 Å². The van der Waals surface area contributed by atoms with Crippen LogP contribution in [-0.2, 0) is 4.79 Å². The molecule has 1 aromatic rings. The molecule has 24 heavy (non-hydrogen) atoms. The van der Waals surface area contributed by atoms with Crippen molar-refractivity contribution in [3.8, 4) is 5.75 Å². The monoisotopic (exact) mass is 354 g/mol. The minimum Gasteiger partial charge on any atom is -0.497 e. The molecule has 1 unspecified atom stereocenters. The molecular formula is C18H27ClN2O3. The van der Waals surface area contributed by atoms with Gasteiger partial charge in [-0.25, -0.2) is 0 Å². The van der Waals surface area contributed by atoms with E-state index < -0.39 is 0 Å². The molecule has 1 aliphatic rings. The van der Waals surface area contributed by atoms with E-state index in [1.807, 2.05) is 4.90 Å². The van der Waals surface area contributed by atoms with Gasteiger partial charge in [-0.3, -0.25) is 9.59 Å². The molecule has 1 saturated heterocycles. The second-order valence-corrected chi connectivity index (χ2v) is 5.89. The van der Waals surface area contributed by atoms with Gasteiger partial charge in [-0.15, -0.1) is 12.4 Å². The molecule has 1 aliphatic heterocycles. The van der Waals surface area contributed by atoms with Crippen LogP contribution in [0.25, 0.3) is 0 Å². The summed E-state index contributed by atoms with van der Waals surface area (Å²) in [5.41, 5.74) is 0.628. The van der Waals surface area contributed by atoms with Gasteiger partial charge in [0.1, 0.15) is 5.75 Å². The van der Waals surface area contributed by atoms with E-state index in [0.717, 1.165) is 38.2 Å². The lowest BCUT2D eigenvalue weighted by atomic mass is 10.1. The first-order valence-corrected chi connectivity index (χ1v) is 8.33. The zero-order chi connectivity index (χ0) is 16.7. The molecule has 2 rings (SSSR count). The van der Waals surface area contributed by atoms with Gasteiger partial charge in [-0.2, -0.15) is 0 Å². The average molecular weight is 355 g/mol. The van der Waals surface area contributed by atoms with E-state index in [4.69, 9.17) is 4.74 Å². The smallest absolute Gasteiger partial charge is 0.223 e. The molecule has 1 amide bonds. The SMILES string of the molecule is CCCN(C(=O)CCC(=O)c1ccc(OC)cc1)C1CCNC1.Cl. The van der Waals surface area contributed by atoms with Crippen LogP contribution in [0.1, 0.15) is 43.0 Å². The Kier molecular flexibility index (Phi) is 8.79. The van der Waals surface area contributed by atoms with E-state index in [0.29, 0.717) is 5.56 Å². The van der Waals surface area contributed by atoms with Crippen molar-refractivity contribution in [2.24, 2.45) is 0 Å². The van der Waals surface area contributed by atoms with Crippen molar-refractivity contribution in [1.29, 1.82) is 0 Å². The molecule has 0 saturated carbocycles. The van der Waals surface area contributed by atoms with Crippen molar-refractivity contribution in [3.63, 3.8) is 0 Å². The highest BCUT2D eigenvalue weighted by Gasteiger charge is 2.25. The Balaban J connectivity index is 0.00000288. The van der Waals surface area contributed by atoms with E-state index in [-0.39, 0.29) is 43.0 Å². The van der Waals surface area contributed by atoms with Crippen molar-refractivity contribution in [2.45, 2.75) is 38.6 Å². The van der Waals surface area contributed by atoms with Crippen LogP contribution in [0, 0.1) is 0 Å². The van der Waals surface area contributed by atoms with E-state index >= 15 is 0 Å². The number of carbonyl (C=O) groups is 2. The Hall–Kier alpha value is -1.59. The minimum atomic E-state index is 0. The maximum Gasteiger partial charge on any atom is 0.223 e. The van der Waals surface area contributed by atoms with E-state index in [9.17, 15) is 9.59 Å². The van der Waals surface area contributed by atoms with Gasteiger partial charge in [0, 0.05) is 37.5 Å². The number of ether oxygens (including phenoxy) is 1. The lowest BCUT2D eigenvalue weighted by molar-refractivity contribution is -0.133. The van der Waals surface area contributed by atoms with Gasteiger partial charge in [-0.1, -0.05) is 6.92 Å². The molecular weight excluding hydrogens is 328 g/mol. The highest BCUT2D eigenvalue weighted by atomic mass is 35.5. The summed E-state index contributed by atoms with van der Waals surface area (Å²) >= 11 is 0. The molecule has 0 radical (unpaired) electrons. The highest BCUT2D eigenvalue weighted by Crippen LogP contribution is 2.15. The fraction of sp³-hybridized carbons (Fsp3) is 0.556. The number of methoxy groups -OCH3 is 1. The van der Waals surface area contributed by atoms with Crippen LogP contribution in [0.4, 0.5) is 0 Å². The number of rotatable bonds is 8. The number of hydrogen-bond acceptors (Lipinski definition) is 4. The standard InChI is InChI=1S/C18H26N2O3.ClH/c1-3-12-20(15-10-11-19-13-15)18(22)9-8-17(21)14-4-6-16(23-2)7-5-14;/h4-7,15,19H,3,8-13H2,1-2H3;1H. The predicted molar refractivity (Wildman–Crippen MR) is 97.1 cm³/mol. The first-order valence-electron chi connectivity index (χ1n) is 8.33. The van der Waals surface area contributed by atoms with Gasteiger partial charge in [0.2, 0.25) is 5.91 Å². The molecule has 5 nitrogen and oxygen atoms in total. The topological polar surface area (TPSA) is 58.6 Å². The summed E-state index contributed by atoms with van der Waals surface area (Å²) in [4.78, 5) is 26.7. The molecule has 1 N–H and O–H groups in total. The summed E-state index contributed by atoms with van der Waals surface area (Å²) in [7, 11) is 1.59. The summed E-state index contributed by atoms with van der Waals surface area (Å²) in [5.74, 6) is 0.810. The molecule has 134 valence electrons. The summed E-state index contributed by atoms with van der Waals surface area (Å²) in [6, 6.07) is 7.30. The van der Waals surface area contributed by atoms with Gasteiger partial charge < -0.3 is 15.0 Å². The van der Waals surface area contributed by atoms with E-state index in [1.165, 1.54) is 0 Å². The second-order valence-electron chi connectivity index (χ2n) is 5.89.